The van der Waals surface area contributed by atoms with Gasteiger partial charge in [0.2, 0.25) is 4.96 Å². The molecule has 0 atom stereocenters. The first-order valence-corrected chi connectivity index (χ1v) is 10.7. The van der Waals surface area contributed by atoms with Gasteiger partial charge >= 0.3 is 6.03 Å². The minimum atomic E-state index is -0.498. The third-order valence-electron chi connectivity index (χ3n) is 4.88. The maximum absolute atomic E-state index is 14.0. The molecule has 0 saturated heterocycles. The van der Waals surface area contributed by atoms with Crippen molar-refractivity contribution in [2.45, 2.75) is 13.0 Å². The summed E-state index contributed by atoms with van der Waals surface area (Å²) in [6, 6.07) is 10.2. The average molecular weight is 490 g/mol. The van der Waals surface area contributed by atoms with Gasteiger partial charge in [-0.3, -0.25) is 0 Å². The molecule has 3 heterocycles. The lowest BCUT2D eigenvalue weighted by Gasteiger charge is -2.26. The van der Waals surface area contributed by atoms with Gasteiger partial charge in [0.25, 0.3) is 0 Å². The van der Waals surface area contributed by atoms with E-state index in [2.05, 4.69) is 31.3 Å². The van der Waals surface area contributed by atoms with Crippen LogP contribution >= 0.6 is 27.3 Å². The Morgan fingerprint density at radius 2 is 1.97 bits per heavy atom. The summed E-state index contributed by atoms with van der Waals surface area (Å²) in [5, 5.41) is 7.19. The highest BCUT2D eigenvalue weighted by Gasteiger charge is 2.26. The number of carbonyl (C=O) groups is 1. The van der Waals surface area contributed by atoms with E-state index in [9.17, 15) is 13.6 Å². The molecule has 0 fully saturated rings. The number of anilines is 1. The predicted octanol–water partition coefficient (Wildman–Crippen LogP) is 5.09. The van der Waals surface area contributed by atoms with Crippen molar-refractivity contribution >= 4 is 43.9 Å². The molecular formula is C20H14BrF2N5OS. The SMILES string of the molecule is O=C(Nc1ccc(Br)cc1F)N1CCc2c(sc3nc(-c4ccc(F)cc4)nn23)C1. The number of amides is 2. The summed E-state index contributed by atoms with van der Waals surface area (Å²) >= 11 is 4.66. The number of halogens is 3. The van der Waals surface area contributed by atoms with E-state index in [-0.39, 0.29) is 17.5 Å². The highest BCUT2D eigenvalue weighted by atomic mass is 79.9. The number of aromatic nitrogens is 3. The van der Waals surface area contributed by atoms with Crippen molar-refractivity contribution in [3.63, 3.8) is 0 Å². The van der Waals surface area contributed by atoms with E-state index in [1.165, 1.54) is 35.6 Å². The van der Waals surface area contributed by atoms with Crippen LogP contribution in [0.15, 0.2) is 46.9 Å². The lowest BCUT2D eigenvalue weighted by Crippen LogP contribution is -2.38. The summed E-state index contributed by atoms with van der Waals surface area (Å²) in [4.78, 5) is 20.5. The minimum absolute atomic E-state index is 0.139. The fourth-order valence-corrected chi connectivity index (χ4v) is 4.82. The first-order chi connectivity index (χ1) is 14.5. The molecule has 0 saturated carbocycles. The number of fused-ring (bicyclic) bond motifs is 3. The monoisotopic (exact) mass is 489 g/mol. The van der Waals surface area contributed by atoms with Crippen molar-refractivity contribution in [2.75, 3.05) is 11.9 Å². The van der Waals surface area contributed by atoms with Gasteiger partial charge in [-0.15, -0.1) is 5.10 Å². The molecule has 2 aromatic carbocycles. The van der Waals surface area contributed by atoms with E-state index in [1.54, 1.807) is 27.6 Å². The third kappa shape index (κ3) is 3.46. The largest absolute Gasteiger partial charge is 0.322 e. The Balaban J connectivity index is 1.36. The fraction of sp³-hybridized carbons (Fsp3) is 0.150. The molecule has 0 bridgehead atoms. The van der Waals surface area contributed by atoms with Crippen molar-refractivity contribution < 1.29 is 13.6 Å². The van der Waals surface area contributed by atoms with E-state index in [1.807, 2.05) is 0 Å². The number of nitrogens with one attached hydrogen (secondary N) is 1. The number of carbonyl (C=O) groups excluding carboxylic acids is 1. The number of hydrogen-bond donors (Lipinski definition) is 1. The zero-order chi connectivity index (χ0) is 20.8. The standard InChI is InChI=1S/C20H14BrF2N5OS/c21-12-3-6-15(14(23)9-12)24-19(29)27-8-7-16-17(10-27)30-20-25-18(26-28(16)20)11-1-4-13(22)5-2-11/h1-6,9H,7-8,10H2,(H,24,29). The highest BCUT2D eigenvalue weighted by Crippen LogP contribution is 2.30. The average Bonchev–Trinajstić information content (AvgIpc) is 3.28. The number of hydrogen-bond acceptors (Lipinski definition) is 4. The Morgan fingerprint density at radius 3 is 2.73 bits per heavy atom. The van der Waals surface area contributed by atoms with Gasteiger partial charge in [0, 0.05) is 27.9 Å². The van der Waals surface area contributed by atoms with Crippen molar-refractivity contribution in [1.29, 1.82) is 0 Å². The van der Waals surface area contributed by atoms with Gasteiger partial charge in [-0.25, -0.2) is 18.1 Å². The van der Waals surface area contributed by atoms with Gasteiger partial charge in [0.1, 0.15) is 11.6 Å². The minimum Gasteiger partial charge on any atom is -0.319 e. The number of rotatable bonds is 2. The molecule has 0 aliphatic carbocycles. The summed E-state index contributed by atoms with van der Waals surface area (Å²) in [5.74, 6) is -0.268. The summed E-state index contributed by atoms with van der Waals surface area (Å²) in [6.07, 6.45) is 0.609. The molecule has 152 valence electrons. The molecule has 0 radical (unpaired) electrons. The molecule has 1 aliphatic rings. The molecule has 6 nitrogen and oxygen atoms in total. The Bertz CT molecular complexity index is 1270. The van der Waals surface area contributed by atoms with Gasteiger partial charge < -0.3 is 10.2 Å². The predicted molar refractivity (Wildman–Crippen MR) is 113 cm³/mol. The van der Waals surface area contributed by atoms with Crippen LogP contribution in [0.4, 0.5) is 19.3 Å². The van der Waals surface area contributed by atoms with E-state index in [4.69, 9.17) is 0 Å². The number of urea groups is 1. The van der Waals surface area contributed by atoms with Gasteiger partial charge in [0.05, 0.1) is 17.9 Å². The molecule has 5 rings (SSSR count). The van der Waals surface area contributed by atoms with Crippen molar-refractivity contribution in [3.05, 3.63) is 69.1 Å². The van der Waals surface area contributed by atoms with Crippen molar-refractivity contribution in [2.24, 2.45) is 0 Å². The lowest BCUT2D eigenvalue weighted by molar-refractivity contribution is 0.206. The van der Waals surface area contributed by atoms with Gasteiger partial charge in [-0.2, -0.15) is 4.98 Å². The first-order valence-electron chi connectivity index (χ1n) is 9.12. The number of benzene rings is 2. The molecular weight excluding hydrogens is 476 g/mol. The Morgan fingerprint density at radius 1 is 1.17 bits per heavy atom. The summed E-state index contributed by atoms with van der Waals surface area (Å²) in [6.45, 7) is 0.884. The summed E-state index contributed by atoms with van der Waals surface area (Å²) in [5.41, 5.74) is 1.89. The van der Waals surface area contributed by atoms with Crippen LogP contribution in [0.2, 0.25) is 0 Å². The van der Waals surface area contributed by atoms with Gasteiger partial charge in [-0.05, 0) is 42.5 Å². The second kappa shape index (κ2) is 7.44. The Hall–Kier alpha value is -2.85. The van der Waals surface area contributed by atoms with Crippen LogP contribution in [0.25, 0.3) is 16.3 Å². The topological polar surface area (TPSA) is 62.5 Å². The molecule has 1 aliphatic heterocycles. The number of nitrogens with zero attached hydrogens (tertiary/aromatic N) is 4. The smallest absolute Gasteiger partial charge is 0.319 e. The third-order valence-corrected chi connectivity index (χ3v) is 6.44. The maximum Gasteiger partial charge on any atom is 0.322 e. The van der Waals surface area contributed by atoms with Crippen LogP contribution in [-0.4, -0.2) is 32.1 Å². The molecule has 2 amide bonds. The molecule has 0 spiro atoms. The van der Waals surface area contributed by atoms with Crippen LogP contribution in [0, 0.1) is 11.6 Å². The zero-order valence-corrected chi connectivity index (χ0v) is 17.8. The second-order valence-corrected chi connectivity index (χ2v) is 8.81. The quantitative estimate of drug-likeness (QED) is 0.426. The van der Waals surface area contributed by atoms with Gasteiger partial charge in [0.15, 0.2) is 5.82 Å². The summed E-state index contributed by atoms with van der Waals surface area (Å²) in [7, 11) is 0. The normalized spacial score (nSPS) is 13.5. The zero-order valence-electron chi connectivity index (χ0n) is 15.4. The molecule has 30 heavy (non-hydrogen) atoms. The fourth-order valence-electron chi connectivity index (χ4n) is 3.37. The van der Waals surface area contributed by atoms with Crippen LogP contribution in [0.1, 0.15) is 10.6 Å². The highest BCUT2D eigenvalue weighted by molar-refractivity contribution is 9.10. The molecule has 10 heteroatoms. The van der Waals surface area contributed by atoms with E-state index < -0.39 is 5.82 Å². The molecule has 4 aromatic rings. The van der Waals surface area contributed by atoms with Gasteiger partial charge in [-0.1, -0.05) is 27.3 Å². The molecule has 0 unspecified atom stereocenters. The Kier molecular flexibility index (Phi) is 4.75. The van der Waals surface area contributed by atoms with Crippen LogP contribution in [0.3, 0.4) is 0 Å². The second-order valence-electron chi connectivity index (χ2n) is 6.83. The lowest BCUT2D eigenvalue weighted by atomic mass is 10.2. The first kappa shape index (κ1) is 19.1. The summed E-state index contributed by atoms with van der Waals surface area (Å²) < 4.78 is 29.6. The van der Waals surface area contributed by atoms with Crippen molar-refractivity contribution in [1.82, 2.24) is 19.5 Å². The number of thiazole rings is 1. The van der Waals surface area contributed by atoms with Crippen molar-refractivity contribution in [3.8, 4) is 11.4 Å². The van der Waals surface area contributed by atoms with E-state index in [0.29, 0.717) is 29.8 Å². The molecule has 2 aromatic heterocycles. The van der Waals surface area contributed by atoms with Crippen LogP contribution in [-0.2, 0) is 13.0 Å². The van der Waals surface area contributed by atoms with Crippen LogP contribution < -0.4 is 5.32 Å². The van der Waals surface area contributed by atoms with E-state index >= 15 is 0 Å². The van der Waals surface area contributed by atoms with Crippen LogP contribution in [0.5, 0.6) is 0 Å². The van der Waals surface area contributed by atoms with E-state index in [0.717, 1.165) is 21.1 Å². The molecule has 1 N–H and O–H groups in total. The maximum atomic E-state index is 14.0. The Labute approximate surface area is 182 Å².